The van der Waals surface area contributed by atoms with Crippen LogP contribution in [0.4, 0.5) is 16.2 Å². The Labute approximate surface area is 222 Å². The average Bonchev–Trinajstić information content (AvgIpc) is 3.34. The van der Waals surface area contributed by atoms with Gasteiger partial charge in [0.15, 0.2) is 11.0 Å². The van der Waals surface area contributed by atoms with Crippen LogP contribution in [0, 0.1) is 10.1 Å². The quantitative estimate of drug-likeness (QED) is 0.154. The highest BCUT2D eigenvalue weighted by Gasteiger charge is 2.17. The van der Waals surface area contributed by atoms with Gasteiger partial charge in [0.05, 0.1) is 18.6 Å². The number of nitro groups is 1. The van der Waals surface area contributed by atoms with Gasteiger partial charge in [0.25, 0.3) is 5.69 Å². The first-order valence-corrected chi connectivity index (χ1v) is 13.3. The molecule has 0 radical (unpaired) electrons. The van der Waals surface area contributed by atoms with Crippen molar-refractivity contribution in [1.82, 2.24) is 20.1 Å². The second-order valence-electron chi connectivity index (χ2n) is 7.68. The van der Waals surface area contributed by atoms with Gasteiger partial charge in [-0.3, -0.25) is 14.7 Å². The molecule has 1 aromatic heterocycles. The maximum Gasteiger partial charge on any atom is 0.319 e. The Balaban J connectivity index is 1.52. The van der Waals surface area contributed by atoms with E-state index in [4.69, 9.17) is 4.74 Å². The van der Waals surface area contributed by atoms with Crippen molar-refractivity contribution >= 4 is 40.9 Å². The van der Waals surface area contributed by atoms with E-state index in [0.29, 0.717) is 28.1 Å². The second-order valence-corrected chi connectivity index (χ2v) is 9.51. The monoisotopic (exact) mass is 536 g/mol. The van der Waals surface area contributed by atoms with Crippen LogP contribution in [0.25, 0.3) is 5.69 Å². The zero-order valence-electron chi connectivity index (χ0n) is 20.1. The van der Waals surface area contributed by atoms with Crippen molar-refractivity contribution in [2.75, 3.05) is 18.7 Å². The van der Waals surface area contributed by atoms with Crippen LogP contribution in [0.1, 0.15) is 11.4 Å². The van der Waals surface area contributed by atoms with Gasteiger partial charge in [-0.05, 0) is 60.4 Å². The highest BCUT2D eigenvalue weighted by atomic mass is 32.2. The molecule has 0 fully saturated rings. The first-order chi connectivity index (χ1) is 18.0. The molecule has 4 rings (SSSR count). The van der Waals surface area contributed by atoms with Gasteiger partial charge < -0.3 is 15.4 Å². The molecule has 10 nitrogen and oxygen atoms in total. The highest BCUT2D eigenvalue weighted by molar-refractivity contribution is 7.98. The zero-order chi connectivity index (χ0) is 26.2. The second kappa shape index (κ2) is 12.3. The van der Waals surface area contributed by atoms with E-state index in [-0.39, 0.29) is 18.3 Å². The Hall–Kier alpha value is -4.03. The number of ether oxygens (including phenoxy) is 1. The molecular weight excluding hydrogens is 512 g/mol. The number of carbonyl (C=O) groups is 1. The number of carbonyl (C=O) groups excluding carboxylic acids is 1. The molecule has 0 aliphatic rings. The lowest BCUT2D eigenvalue weighted by Crippen LogP contribution is -2.29. The number of urea groups is 1. The van der Waals surface area contributed by atoms with Crippen LogP contribution in [0.2, 0.25) is 0 Å². The van der Waals surface area contributed by atoms with Crippen molar-refractivity contribution in [3.63, 3.8) is 0 Å². The Morgan fingerprint density at radius 1 is 1.08 bits per heavy atom. The Morgan fingerprint density at radius 2 is 1.84 bits per heavy atom. The van der Waals surface area contributed by atoms with Gasteiger partial charge >= 0.3 is 6.03 Å². The van der Waals surface area contributed by atoms with Crippen LogP contribution in [0.15, 0.2) is 82.8 Å². The standard InChI is InChI=1S/C25H24N6O4S2/c1-35-21-5-3-4-17(14-21)16-37-25-29-28-23(30(25)19-8-10-20(11-9-19)31(33)34)15-26-24(32)27-18-6-12-22(36-2)13-7-18/h3-14H,15-16H2,1-2H3,(H2,26,27,32). The molecule has 0 spiro atoms. The van der Waals surface area contributed by atoms with E-state index in [9.17, 15) is 14.9 Å². The third kappa shape index (κ3) is 6.80. The summed E-state index contributed by atoms with van der Waals surface area (Å²) in [6, 6.07) is 21.0. The predicted molar refractivity (Wildman–Crippen MR) is 145 cm³/mol. The fourth-order valence-corrected chi connectivity index (χ4v) is 4.73. The number of rotatable bonds is 10. The van der Waals surface area contributed by atoms with Gasteiger partial charge in [-0.2, -0.15) is 0 Å². The van der Waals surface area contributed by atoms with Crippen LogP contribution >= 0.6 is 23.5 Å². The average molecular weight is 537 g/mol. The number of aromatic nitrogens is 3. The largest absolute Gasteiger partial charge is 0.497 e. The van der Waals surface area contributed by atoms with Gasteiger partial charge in [0.1, 0.15) is 5.75 Å². The summed E-state index contributed by atoms with van der Waals surface area (Å²) in [7, 11) is 1.62. The fourth-order valence-electron chi connectivity index (χ4n) is 3.41. The topological polar surface area (TPSA) is 124 Å². The third-order valence-corrected chi connectivity index (χ3v) is 7.02. The van der Waals surface area contributed by atoms with E-state index >= 15 is 0 Å². The molecule has 1 heterocycles. The molecule has 0 atom stereocenters. The van der Waals surface area contributed by atoms with Gasteiger partial charge in [0, 0.05) is 34.2 Å². The molecule has 12 heteroatoms. The summed E-state index contributed by atoms with van der Waals surface area (Å²) in [5, 5.41) is 25.9. The molecule has 190 valence electrons. The number of thioether (sulfide) groups is 2. The Bertz CT molecular complexity index is 1380. The summed E-state index contributed by atoms with van der Waals surface area (Å²) in [4.78, 5) is 24.3. The number of nitrogens with zero attached hydrogens (tertiary/aromatic N) is 4. The van der Waals surface area contributed by atoms with Crippen LogP contribution in [-0.2, 0) is 12.3 Å². The fraction of sp³-hybridized carbons (Fsp3) is 0.160. The summed E-state index contributed by atoms with van der Waals surface area (Å²) in [5.74, 6) is 1.84. The molecule has 0 aliphatic heterocycles. The SMILES string of the molecule is COc1cccc(CSc2nnc(CNC(=O)Nc3ccc(SC)cc3)n2-c2ccc([N+](=O)[O-])cc2)c1. The van der Waals surface area contributed by atoms with Crippen molar-refractivity contribution in [2.45, 2.75) is 22.3 Å². The molecule has 2 amide bonds. The summed E-state index contributed by atoms with van der Waals surface area (Å²) in [6.45, 7) is 0.0957. The van der Waals surface area contributed by atoms with Gasteiger partial charge in [-0.1, -0.05) is 23.9 Å². The number of benzene rings is 3. The van der Waals surface area contributed by atoms with E-state index in [0.717, 1.165) is 16.2 Å². The van der Waals surface area contributed by atoms with E-state index < -0.39 is 4.92 Å². The molecule has 0 saturated carbocycles. The lowest BCUT2D eigenvalue weighted by Gasteiger charge is -2.12. The third-order valence-electron chi connectivity index (χ3n) is 5.28. The summed E-state index contributed by atoms with van der Waals surface area (Å²) in [5.41, 5.74) is 2.33. The Kier molecular flexibility index (Phi) is 8.64. The normalized spacial score (nSPS) is 10.6. The lowest BCUT2D eigenvalue weighted by molar-refractivity contribution is -0.384. The minimum absolute atomic E-state index is 0.0195. The lowest BCUT2D eigenvalue weighted by atomic mass is 10.2. The van der Waals surface area contributed by atoms with Crippen molar-refractivity contribution in [1.29, 1.82) is 0 Å². The van der Waals surface area contributed by atoms with Gasteiger partial charge in [-0.15, -0.1) is 22.0 Å². The number of amides is 2. The number of non-ortho nitro benzene ring substituents is 1. The smallest absolute Gasteiger partial charge is 0.319 e. The number of nitrogens with one attached hydrogen (secondary N) is 2. The number of methoxy groups -OCH3 is 1. The summed E-state index contributed by atoms with van der Waals surface area (Å²) >= 11 is 3.08. The highest BCUT2D eigenvalue weighted by Crippen LogP contribution is 2.27. The zero-order valence-corrected chi connectivity index (χ0v) is 21.7. The molecule has 4 aromatic rings. The molecule has 0 bridgehead atoms. The molecule has 3 aromatic carbocycles. The van der Waals surface area contributed by atoms with Crippen LogP contribution in [0.5, 0.6) is 5.75 Å². The summed E-state index contributed by atoms with van der Waals surface area (Å²) < 4.78 is 7.08. The van der Waals surface area contributed by atoms with Crippen LogP contribution < -0.4 is 15.4 Å². The summed E-state index contributed by atoms with van der Waals surface area (Å²) in [6.07, 6.45) is 1.99. The molecule has 0 saturated heterocycles. The number of anilines is 1. The molecule has 0 aliphatic carbocycles. The van der Waals surface area contributed by atoms with E-state index in [1.165, 1.54) is 23.9 Å². The minimum Gasteiger partial charge on any atom is -0.497 e. The van der Waals surface area contributed by atoms with E-state index in [2.05, 4.69) is 20.8 Å². The van der Waals surface area contributed by atoms with Crippen LogP contribution in [-0.4, -0.2) is 39.1 Å². The number of hydrogen-bond acceptors (Lipinski definition) is 8. The predicted octanol–water partition coefficient (Wildman–Crippen LogP) is 5.52. The first-order valence-electron chi connectivity index (χ1n) is 11.1. The van der Waals surface area contributed by atoms with E-state index in [1.807, 2.05) is 54.8 Å². The van der Waals surface area contributed by atoms with Gasteiger partial charge in [0.2, 0.25) is 0 Å². The first kappa shape index (κ1) is 26.0. The molecular formula is C25H24N6O4S2. The van der Waals surface area contributed by atoms with Gasteiger partial charge in [-0.25, -0.2) is 4.79 Å². The van der Waals surface area contributed by atoms with E-state index in [1.54, 1.807) is 35.6 Å². The van der Waals surface area contributed by atoms with Crippen LogP contribution in [0.3, 0.4) is 0 Å². The minimum atomic E-state index is -0.451. The number of hydrogen-bond donors (Lipinski definition) is 2. The molecule has 37 heavy (non-hydrogen) atoms. The maximum atomic E-state index is 12.5. The van der Waals surface area contributed by atoms with Crippen molar-refractivity contribution in [3.05, 3.63) is 94.3 Å². The molecule has 2 N–H and O–H groups in total. The number of nitro benzene ring substituents is 1. The Morgan fingerprint density at radius 3 is 2.51 bits per heavy atom. The molecule has 0 unspecified atom stereocenters. The van der Waals surface area contributed by atoms with Crippen molar-refractivity contribution < 1.29 is 14.5 Å². The van der Waals surface area contributed by atoms with Crippen molar-refractivity contribution in [3.8, 4) is 11.4 Å². The maximum absolute atomic E-state index is 12.5. The van der Waals surface area contributed by atoms with Crippen molar-refractivity contribution in [2.24, 2.45) is 0 Å².